The van der Waals surface area contributed by atoms with Gasteiger partial charge in [0.05, 0.1) is 5.69 Å². The Morgan fingerprint density at radius 1 is 1.17 bits per heavy atom. The third-order valence-electron chi connectivity index (χ3n) is 4.35. The highest BCUT2D eigenvalue weighted by molar-refractivity contribution is 7.13. The molecule has 2 aromatic heterocycles. The summed E-state index contributed by atoms with van der Waals surface area (Å²) in [7, 11) is 0. The number of nitrogens with zero attached hydrogens (tertiary/aromatic N) is 1. The van der Waals surface area contributed by atoms with E-state index in [1.54, 1.807) is 11.3 Å². The van der Waals surface area contributed by atoms with E-state index < -0.39 is 0 Å². The lowest BCUT2D eigenvalue weighted by Crippen LogP contribution is -1.99. The fraction of sp³-hybridized carbons (Fsp3) is 0.421. The van der Waals surface area contributed by atoms with E-state index in [0.29, 0.717) is 0 Å². The van der Waals surface area contributed by atoms with Crippen LogP contribution >= 0.6 is 11.3 Å². The number of rotatable bonds is 8. The summed E-state index contributed by atoms with van der Waals surface area (Å²) in [5, 5.41) is 4.49. The van der Waals surface area contributed by atoms with Crippen molar-refractivity contribution in [2.24, 2.45) is 5.73 Å². The third kappa shape index (κ3) is 3.48. The minimum Gasteiger partial charge on any atom is -0.352 e. The van der Waals surface area contributed by atoms with Crippen LogP contribution in [-0.2, 0) is 12.8 Å². The van der Waals surface area contributed by atoms with Gasteiger partial charge in [0.1, 0.15) is 5.01 Å². The van der Waals surface area contributed by atoms with Crippen molar-refractivity contribution in [2.45, 2.75) is 45.4 Å². The van der Waals surface area contributed by atoms with Crippen molar-refractivity contribution in [1.82, 2.24) is 9.97 Å². The summed E-state index contributed by atoms with van der Waals surface area (Å²) in [5.41, 5.74) is 11.0. The molecular formula is C19H25N3S. The molecule has 0 aliphatic rings. The molecule has 3 nitrogen and oxygen atoms in total. The van der Waals surface area contributed by atoms with Crippen LogP contribution < -0.4 is 5.73 Å². The second-order valence-electron chi connectivity index (χ2n) is 6.00. The first-order valence-electron chi connectivity index (χ1n) is 8.57. The van der Waals surface area contributed by atoms with E-state index in [0.717, 1.165) is 37.2 Å². The van der Waals surface area contributed by atoms with E-state index in [9.17, 15) is 0 Å². The zero-order valence-corrected chi connectivity index (χ0v) is 14.6. The molecule has 0 aliphatic heterocycles. The van der Waals surface area contributed by atoms with E-state index in [2.05, 4.69) is 35.1 Å². The third-order valence-corrected chi connectivity index (χ3v) is 5.14. The van der Waals surface area contributed by atoms with Crippen LogP contribution in [0.25, 0.3) is 21.6 Å². The number of H-pyrrole nitrogens is 1. The van der Waals surface area contributed by atoms with Gasteiger partial charge in [-0.05, 0) is 49.8 Å². The monoisotopic (exact) mass is 327 g/mol. The average molecular weight is 327 g/mol. The number of nitrogens with two attached hydrogens (primary N) is 1. The van der Waals surface area contributed by atoms with Gasteiger partial charge >= 0.3 is 0 Å². The number of nitrogens with one attached hydrogen (secondary N) is 1. The molecule has 0 bridgehead atoms. The van der Waals surface area contributed by atoms with Crippen LogP contribution in [0, 0.1) is 0 Å². The van der Waals surface area contributed by atoms with Gasteiger partial charge in [-0.2, -0.15) is 0 Å². The van der Waals surface area contributed by atoms with Crippen LogP contribution in [-0.4, -0.2) is 16.5 Å². The highest BCUT2D eigenvalue weighted by Gasteiger charge is 2.16. The lowest BCUT2D eigenvalue weighted by atomic mass is 10.0. The Morgan fingerprint density at radius 2 is 2.09 bits per heavy atom. The van der Waals surface area contributed by atoms with E-state index in [-0.39, 0.29) is 0 Å². The van der Waals surface area contributed by atoms with E-state index in [1.807, 2.05) is 11.6 Å². The van der Waals surface area contributed by atoms with Gasteiger partial charge in [0.2, 0.25) is 0 Å². The van der Waals surface area contributed by atoms with Gasteiger partial charge in [-0.25, -0.2) is 4.98 Å². The van der Waals surface area contributed by atoms with Gasteiger partial charge in [-0.1, -0.05) is 31.5 Å². The molecule has 3 rings (SSSR count). The zero-order valence-electron chi connectivity index (χ0n) is 13.8. The first-order valence-corrected chi connectivity index (χ1v) is 9.45. The summed E-state index contributed by atoms with van der Waals surface area (Å²) in [6.45, 7) is 3.00. The molecule has 0 fully saturated rings. The van der Waals surface area contributed by atoms with Gasteiger partial charge < -0.3 is 10.7 Å². The number of hydrogen-bond donors (Lipinski definition) is 2. The molecule has 2 heterocycles. The van der Waals surface area contributed by atoms with Crippen molar-refractivity contribution in [3.8, 4) is 10.7 Å². The normalized spacial score (nSPS) is 11.4. The van der Waals surface area contributed by atoms with Crippen molar-refractivity contribution in [3.63, 3.8) is 0 Å². The lowest BCUT2D eigenvalue weighted by molar-refractivity contribution is 0.748. The number of aryl methyl sites for hydroxylation is 2. The number of benzene rings is 1. The number of para-hydroxylation sites is 1. The van der Waals surface area contributed by atoms with Crippen LogP contribution in [0.5, 0.6) is 0 Å². The lowest BCUT2D eigenvalue weighted by Gasteiger charge is -2.04. The Kier molecular flexibility index (Phi) is 5.47. The fourth-order valence-electron chi connectivity index (χ4n) is 3.15. The first-order chi connectivity index (χ1) is 11.3. The molecule has 0 spiro atoms. The van der Waals surface area contributed by atoms with Crippen LogP contribution in [0.4, 0.5) is 0 Å². The van der Waals surface area contributed by atoms with Crippen LogP contribution in [0.2, 0.25) is 0 Å². The number of hydrogen-bond acceptors (Lipinski definition) is 3. The summed E-state index contributed by atoms with van der Waals surface area (Å²) in [4.78, 5) is 8.21. The van der Waals surface area contributed by atoms with Gasteiger partial charge in [0.25, 0.3) is 0 Å². The number of unbranched alkanes of at least 4 members (excludes halogenated alkanes) is 2. The second kappa shape index (κ2) is 7.75. The Balaban J connectivity index is 2.06. The van der Waals surface area contributed by atoms with Crippen molar-refractivity contribution < 1.29 is 0 Å². The van der Waals surface area contributed by atoms with Crippen molar-refractivity contribution >= 4 is 22.2 Å². The largest absolute Gasteiger partial charge is 0.352 e. The fourth-order valence-corrected chi connectivity index (χ4v) is 3.81. The van der Waals surface area contributed by atoms with Crippen LogP contribution in [0.3, 0.4) is 0 Å². The molecule has 4 heteroatoms. The minimum atomic E-state index is 0.761. The number of fused-ring (bicyclic) bond motifs is 1. The second-order valence-corrected chi connectivity index (χ2v) is 6.90. The number of aromatic nitrogens is 2. The Bertz CT molecular complexity index is 743. The Morgan fingerprint density at radius 3 is 2.83 bits per heavy atom. The molecule has 23 heavy (non-hydrogen) atoms. The number of thiazole rings is 1. The van der Waals surface area contributed by atoms with Gasteiger partial charge in [-0.15, -0.1) is 11.3 Å². The Labute approximate surface area is 141 Å². The van der Waals surface area contributed by atoms with E-state index in [4.69, 9.17) is 5.73 Å². The highest BCUT2D eigenvalue weighted by atomic mass is 32.1. The van der Waals surface area contributed by atoms with E-state index in [1.165, 1.54) is 40.6 Å². The first kappa shape index (κ1) is 16.2. The quantitative estimate of drug-likeness (QED) is 0.577. The molecular weight excluding hydrogens is 302 g/mol. The van der Waals surface area contributed by atoms with E-state index >= 15 is 0 Å². The van der Waals surface area contributed by atoms with Crippen LogP contribution in [0.1, 0.15) is 43.7 Å². The summed E-state index contributed by atoms with van der Waals surface area (Å²) in [5.74, 6) is 0. The molecule has 0 radical (unpaired) electrons. The summed E-state index contributed by atoms with van der Waals surface area (Å²) >= 11 is 1.70. The molecule has 0 atom stereocenters. The predicted molar refractivity (Wildman–Crippen MR) is 100 cm³/mol. The molecule has 0 saturated carbocycles. The maximum Gasteiger partial charge on any atom is 0.139 e. The van der Waals surface area contributed by atoms with Gasteiger partial charge in [0.15, 0.2) is 0 Å². The molecule has 1 aromatic carbocycles. The molecule has 122 valence electrons. The smallest absolute Gasteiger partial charge is 0.139 e. The molecule has 3 aromatic rings. The topological polar surface area (TPSA) is 54.7 Å². The highest BCUT2D eigenvalue weighted by Crippen LogP contribution is 2.34. The maximum absolute atomic E-state index is 5.67. The molecule has 0 amide bonds. The summed E-state index contributed by atoms with van der Waals surface area (Å²) in [6.07, 6.45) is 8.72. The van der Waals surface area contributed by atoms with Crippen molar-refractivity contribution in [1.29, 1.82) is 0 Å². The standard InChI is InChI=1S/C19H25N3S/c1-2-3-7-14-8-6-10-15-16(9-4-5-11-20)18(22-17(14)15)19-21-12-13-23-19/h6,8,10,12-13,22H,2-5,7,9,11,20H2,1H3. The molecule has 0 aliphatic carbocycles. The Hall–Kier alpha value is -1.65. The zero-order chi connectivity index (χ0) is 16.1. The predicted octanol–water partition coefficient (Wildman–Crippen LogP) is 4.92. The average Bonchev–Trinajstić information content (AvgIpc) is 3.21. The maximum atomic E-state index is 5.67. The van der Waals surface area contributed by atoms with Crippen molar-refractivity contribution in [2.75, 3.05) is 6.54 Å². The summed E-state index contributed by atoms with van der Waals surface area (Å²) in [6, 6.07) is 6.69. The molecule has 3 N–H and O–H groups in total. The van der Waals surface area contributed by atoms with Gasteiger partial charge in [-0.3, -0.25) is 0 Å². The molecule has 0 saturated heterocycles. The summed E-state index contributed by atoms with van der Waals surface area (Å²) < 4.78 is 0. The molecule has 0 unspecified atom stereocenters. The number of aromatic amines is 1. The SMILES string of the molecule is CCCCc1cccc2c(CCCCN)c(-c3nccs3)[nH]c12. The van der Waals surface area contributed by atoms with Gasteiger partial charge in [0, 0.05) is 22.5 Å². The van der Waals surface area contributed by atoms with Crippen molar-refractivity contribution in [3.05, 3.63) is 40.9 Å². The minimum absolute atomic E-state index is 0.761. The van der Waals surface area contributed by atoms with Crippen LogP contribution in [0.15, 0.2) is 29.8 Å².